The Morgan fingerprint density at radius 1 is 0.938 bits per heavy atom. The lowest BCUT2D eigenvalue weighted by atomic mass is 9.52. The van der Waals surface area contributed by atoms with Crippen LogP contribution in [-0.2, 0) is 6.42 Å². The van der Waals surface area contributed by atoms with Crippen molar-refractivity contribution in [3.8, 4) is 5.75 Å². The van der Waals surface area contributed by atoms with Crippen LogP contribution >= 0.6 is 0 Å². The van der Waals surface area contributed by atoms with Gasteiger partial charge in [-0.05, 0) is 97.3 Å². The van der Waals surface area contributed by atoms with Gasteiger partial charge in [0.25, 0.3) is 0 Å². The maximum Gasteiger partial charge on any atom is 0.115 e. The van der Waals surface area contributed by atoms with Gasteiger partial charge in [-0.3, -0.25) is 4.39 Å². The number of halogens is 1. The van der Waals surface area contributed by atoms with E-state index in [1.54, 1.807) is 0 Å². The fourth-order valence-electron chi connectivity index (χ4n) is 7.77. The average Bonchev–Trinajstić information content (AvgIpc) is 3.09. The molecule has 32 heavy (non-hydrogen) atoms. The number of fused-ring (bicyclic) bond motifs is 5. The van der Waals surface area contributed by atoms with Crippen molar-refractivity contribution in [2.45, 2.75) is 115 Å². The van der Waals surface area contributed by atoms with Crippen molar-refractivity contribution in [3.63, 3.8) is 0 Å². The van der Waals surface area contributed by atoms with E-state index in [0.717, 1.165) is 32.1 Å². The van der Waals surface area contributed by atoms with Gasteiger partial charge in [0.15, 0.2) is 0 Å². The molecule has 1 aromatic carbocycles. The summed E-state index contributed by atoms with van der Waals surface area (Å²) in [6.07, 6.45) is 17.5. The van der Waals surface area contributed by atoms with E-state index < -0.39 is 0 Å². The maximum absolute atomic E-state index is 12.2. The second-order valence-corrected chi connectivity index (χ2v) is 11.4. The van der Waals surface area contributed by atoms with Gasteiger partial charge in [-0.1, -0.05) is 64.4 Å². The number of phenols is 1. The third-order valence-electron chi connectivity index (χ3n) is 9.54. The van der Waals surface area contributed by atoms with Crippen molar-refractivity contribution in [2.24, 2.45) is 23.2 Å². The van der Waals surface area contributed by atoms with Crippen molar-refractivity contribution >= 4 is 0 Å². The number of phenolic OH excluding ortho intramolecular Hbond substituents is 1. The number of unbranched alkanes of at least 4 members (excludes halogenated alkanes) is 8. The quantitative estimate of drug-likeness (QED) is 0.343. The van der Waals surface area contributed by atoms with Gasteiger partial charge in [-0.15, -0.1) is 0 Å². The molecular formula is C29H45FO2. The van der Waals surface area contributed by atoms with Crippen LogP contribution < -0.4 is 0 Å². The molecule has 0 heterocycles. The lowest BCUT2D eigenvalue weighted by molar-refractivity contribution is -0.0396. The van der Waals surface area contributed by atoms with Crippen molar-refractivity contribution in [2.75, 3.05) is 6.67 Å². The highest BCUT2D eigenvalue weighted by Gasteiger charge is 2.56. The number of aliphatic hydroxyl groups is 1. The van der Waals surface area contributed by atoms with E-state index in [0.29, 0.717) is 29.4 Å². The van der Waals surface area contributed by atoms with Crippen LogP contribution in [0.4, 0.5) is 4.39 Å². The predicted molar refractivity (Wildman–Crippen MR) is 130 cm³/mol. The number of aromatic hydroxyl groups is 1. The molecule has 0 amide bonds. The van der Waals surface area contributed by atoms with Gasteiger partial charge in [0.05, 0.1) is 12.8 Å². The third kappa shape index (κ3) is 5.03. The molecule has 0 bridgehead atoms. The Hall–Kier alpha value is -1.09. The zero-order valence-electron chi connectivity index (χ0n) is 20.2. The summed E-state index contributed by atoms with van der Waals surface area (Å²) in [7, 11) is 0. The van der Waals surface area contributed by atoms with E-state index in [1.165, 1.54) is 75.3 Å². The Balaban J connectivity index is 1.34. The number of hydrogen-bond donors (Lipinski definition) is 2. The first kappa shape index (κ1) is 24.0. The minimum Gasteiger partial charge on any atom is -0.508 e. The molecule has 3 aliphatic rings. The molecule has 0 spiro atoms. The molecule has 2 fully saturated rings. The van der Waals surface area contributed by atoms with Crippen LogP contribution in [0.25, 0.3) is 0 Å². The zero-order valence-corrected chi connectivity index (χ0v) is 20.2. The molecule has 2 saturated carbocycles. The first-order valence-electron chi connectivity index (χ1n) is 13.6. The highest BCUT2D eigenvalue weighted by molar-refractivity contribution is 5.40. The summed E-state index contributed by atoms with van der Waals surface area (Å²) >= 11 is 0. The molecule has 4 rings (SSSR count). The van der Waals surface area contributed by atoms with Gasteiger partial charge in [-0.2, -0.15) is 0 Å². The largest absolute Gasteiger partial charge is 0.508 e. The lowest BCUT2D eigenvalue weighted by Gasteiger charge is -2.53. The minimum atomic E-state index is -0.161. The molecule has 0 saturated heterocycles. The molecular weight excluding hydrogens is 399 g/mol. The summed E-state index contributed by atoms with van der Waals surface area (Å²) in [5.41, 5.74) is 2.97. The summed E-state index contributed by atoms with van der Waals surface area (Å²) in [5.74, 6) is 3.04. The van der Waals surface area contributed by atoms with Gasteiger partial charge in [0, 0.05) is 0 Å². The molecule has 2 N–H and O–H groups in total. The third-order valence-corrected chi connectivity index (χ3v) is 9.54. The van der Waals surface area contributed by atoms with Gasteiger partial charge in [0.1, 0.15) is 5.75 Å². The summed E-state index contributed by atoms with van der Waals surface area (Å²) in [5, 5.41) is 20.9. The highest BCUT2D eigenvalue weighted by atomic mass is 19.1. The zero-order chi connectivity index (χ0) is 22.6. The minimum absolute atomic E-state index is 0.107. The molecule has 0 aromatic heterocycles. The molecule has 180 valence electrons. The molecule has 6 atom stereocenters. The Kier molecular flexibility index (Phi) is 8.18. The predicted octanol–water partition coefficient (Wildman–Crippen LogP) is 7.71. The molecule has 1 aromatic rings. The van der Waals surface area contributed by atoms with Gasteiger partial charge in [-0.25, -0.2) is 0 Å². The number of rotatable bonds is 11. The first-order chi connectivity index (χ1) is 15.5. The van der Waals surface area contributed by atoms with Crippen molar-refractivity contribution < 1.29 is 14.6 Å². The summed E-state index contributed by atoms with van der Waals surface area (Å²) < 4.78 is 12.2. The van der Waals surface area contributed by atoms with E-state index in [9.17, 15) is 14.6 Å². The Morgan fingerprint density at radius 3 is 2.34 bits per heavy atom. The number of benzene rings is 1. The average molecular weight is 445 g/mol. The lowest BCUT2D eigenvalue weighted by Crippen LogP contribution is -2.47. The number of aliphatic hydroxyl groups excluding tert-OH is 1. The normalized spacial score (nSPS) is 33.5. The monoisotopic (exact) mass is 444 g/mol. The van der Waals surface area contributed by atoms with Crippen molar-refractivity contribution in [1.82, 2.24) is 0 Å². The first-order valence-corrected chi connectivity index (χ1v) is 13.6. The second kappa shape index (κ2) is 10.9. The van der Waals surface area contributed by atoms with Crippen LogP contribution in [0.2, 0.25) is 0 Å². The van der Waals surface area contributed by atoms with Crippen LogP contribution in [0.5, 0.6) is 5.75 Å². The summed E-state index contributed by atoms with van der Waals surface area (Å²) in [6.45, 7) is 2.20. The molecule has 0 radical (unpaired) electrons. The highest BCUT2D eigenvalue weighted by Crippen LogP contribution is 2.62. The molecule has 3 heteroatoms. The summed E-state index contributed by atoms with van der Waals surface area (Å²) in [6, 6.07) is 6.10. The standard InChI is InChI=1S/C29H45FO2/c1-29-17-16-25-24-13-12-23(31)20-22(24)19-21(28(25)26(29)14-15-27(29)32)11-9-7-5-3-2-4-6-8-10-18-30/h12-13,20-21,25-28,31-32H,2-11,14-19H2,1H3/t21-,25-,26+,27+,28-,29+/m1/s1. The SMILES string of the molecule is C[C@]12CC[C@@H]3c4ccc(O)cc4C[C@@H](CCCCCCCCCCCF)[C@H]3[C@@H]1CC[C@@H]2O. The van der Waals surface area contributed by atoms with Crippen molar-refractivity contribution in [3.05, 3.63) is 29.3 Å². The van der Waals surface area contributed by atoms with Crippen LogP contribution in [-0.4, -0.2) is 23.0 Å². The van der Waals surface area contributed by atoms with E-state index in [1.807, 2.05) is 12.1 Å². The fourth-order valence-corrected chi connectivity index (χ4v) is 7.77. The smallest absolute Gasteiger partial charge is 0.115 e. The number of alkyl halides is 1. The van der Waals surface area contributed by atoms with Crippen molar-refractivity contribution in [1.29, 1.82) is 0 Å². The van der Waals surface area contributed by atoms with Crippen LogP contribution in [0.1, 0.15) is 114 Å². The van der Waals surface area contributed by atoms with Gasteiger partial charge in [0.2, 0.25) is 0 Å². The van der Waals surface area contributed by atoms with Crippen LogP contribution in [0.3, 0.4) is 0 Å². The van der Waals surface area contributed by atoms with Gasteiger partial charge >= 0.3 is 0 Å². The Morgan fingerprint density at radius 2 is 1.62 bits per heavy atom. The maximum atomic E-state index is 12.2. The van der Waals surface area contributed by atoms with E-state index >= 15 is 0 Å². The topological polar surface area (TPSA) is 40.5 Å². The number of hydrogen-bond acceptors (Lipinski definition) is 2. The molecule has 2 nitrogen and oxygen atoms in total. The summed E-state index contributed by atoms with van der Waals surface area (Å²) in [4.78, 5) is 0. The van der Waals surface area contributed by atoms with Gasteiger partial charge < -0.3 is 10.2 Å². The van der Waals surface area contributed by atoms with Crippen LogP contribution in [0, 0.1) is 23.2 Å². The fraction of sp³-hybridized carbons (Fsp3) is 0.793. The second-order valence-electron chi connectivity index (χ2n) is 11.4. The molecule has 0 aliphatic heterocycles. The Labute approximate surface area is 195 Å². The van der Waals surface area contributed by atoms with E-state index in [2.05, 4.69) is 13.0 Å². The van der Waals surface area contributed by atoms with E-state index in [4.69, 9.17) is 0 Å². The van der Waals surface area contributed by atoms with E-state index in [-0.39, 0.29) is 18.2 Å². The van der Waals surface area contributed by atoms with Crippen LogP contribution in [0.15, 0.2) is 18.2 Å². The molecule has 0 unspecified atom stereocenters. The molecule has 3 aliphatic carbocycles. The Bertz CT molecular complexity index is 734.